The molecule has 2 heterocycles. The van der Waals surface area contributed by atoms with Gasteiger partial charge in [-0.3, -0.25) is 4.68 Å². The number of hydrogen-bond acceptors (Lipinski definition) is 2. The van der Waals surface area contributed by atoms with E-state index in [0.717, 1.165) is 22.5 Å². The third kappa shape index (κ3) is 1.42. The summed E-state index contributed by atoms with van der Waals surface area (Å²) < 4.78 is 1.70. The first kappa shape index (κ1) is 10.9. The summed E-state index contributed by atoms with van der Waals surface area (Å²) in [6.45, 7) is 4.19. The van der Waals surface area contributed by atoms with Gasteiger partial charge in [0.1, 0.15) is 5.82 Å². The van der Waals surface area contributed by atoms with Crippen LogP contribution >= 0.6 is 0 Å². The predicted molar refractivity (Wildman–Crippen MR) is 74.4 cm³/mol. The SMILES string of the molecule is Cc1[nH]c2cccc(C)c2c1-c1cc(N)n(C)n1. The van der Waals surface area contributed by atoms with Crippen LogP contribution < -0.4 is 5.73 Å². The topological polar surface area (TPSA) is 59.6 Å². The predicted octanol–water partition coefficient (Wildman–Crippen LogP) is 2.77. The van der Waals surface area contributed by atoms with E-state index < -0.39 is 0 Å². The van der Waals surface area contributed by atoms with Gasteiger partial charge in [-0.1, -0.05) is 12.1 Å². The minimum atomic E-state index is 0.673. The molecular weight excluding hydrogens is 224 g/mol. The highest BCUT2D eigenvalue weighted by molar-refractivity contribution is 5.99. The number of aryl methyl sites for hydroxylation is 3. The normalized spacial score (nSPS) is 11.3. The molecular formula is C14H16N4. The van der Waals surface area contributed by atoms with Crippen molar-refractivity contribution in [2.45, 2.75) is 13.8 Å². The lowest BCUT2D eigenvalue weighted by molar-refractivity contribution is 0.782. The molecule has 92 valence electrons. The lowest BCUT2D eigenvalue weighted by Crippen LogP contribution is -1.96. The van der Waals surface area contributed by atoms with Crippen molar-refractivity contribution < 1.29 is 0 Å². The Morgan fingerprint density at radius 1 is 1.28 bits per heavy atom. The lowest BCUT2D eigenvalue weighted by Gasteiger charge is -2.00. The minimum absolute atomic E-state index is 0.673. The van der Waals surface area contributed by atoms with Crippen LogP contribution in [0, 0.1) is 13.8 Å². The number of anilines is 1. The fraction of sp³-hybridized carbons (Fsp3) is 0.214. The number of aromatic amines is 1. The van der Waals surface area contributed by atoms with E-state index in [2.05, 4.69) is 42.1 Å². The van der Waals surface area contributed by atoms with Crippen molar-refractivity contribution in [3.63, 3.8) is 0 Å². The van der Waals surface area contributed by atoms with Crippen molar-refractivity contribution in [2.75, 3.05) is 5.73 Å². The Balaban J connectivity index is 2.38. The third-order valence-electron chi connectivity index (χ3n) is 3.39. The average molecular weight is 240 g/mol. The molecule has 0 saturated carbocycles. The highest BCUT2D eigenvalue weighted by atomic mass is 15.3. The van der Waals surface area contributed by atoms with Gasteiger partial charge in [0, 0.05) is 35.3 Å². The summed E-state index contributed by atoms with van der Waals surface area (Å²) in [4.78, 5) is 3.41. The van der Waals surface area contributed by atoms with Crippen LogP contribution in [0.25, 0.3) is 22.2 Å². The van der Waals surface area contributed by atoms with Crippen LogP contribution in [-0.2, 0) is 7.05 Å². The van der Waals surface area contributed by atoms with Crippen LogP contribution in [0.5, 0.6) is 0 Å². The fourth-order valence-electron chi connectivity index (χ4n) is 2.48. The molecule has 0 bridgehead atoms. The van der Waals surface area contributed by atoms with Crippen molar-refractivity contribution >= 4 is 16.7 Å². The van der Waals surface area contributed by atoms with Crippen molar-refractivity contribution in [3.05, 3.63) is 35.5 Å². The van der Waals surface area contributed by atoms with Gasteiger partial charge in [0.2, 0.25) is 0 Å². The average Bonchev–Trinajstić information content (AvgIpc) is 2.80. The van der Waals surface area contributed by atoms with Crippen LogP contribution in [0.4, 0.5) is 5.82 Å². The molecule has 4 nitrogen and oxygen atoms in total. The van der Waals surface area contributed by atoms with Gasteiger partial charge in [0.25, 0.3) is 0 Å². The fourth-order valence-corrected chi connectivity index (χ4v) is 2.48. The standard InChI is InChI=1S/C14H16N4/c1-8-5-4-6-10-13(8)14(9(2)16-10)11-7-12(15)18(3)17-11/h4-7,16H,15H2,1-3H3. The highest BCUT2D eigenvalue weighted by Crippen LogP contribution is 2.33. The summed E-state index contributed by atoms with van der Waals surface area (Å²) in [5.41, 5.74) is 11.5. The largest absolute Gasteiger partial charge is 0.384 e. The molecule has 0 saturated heterocycles. The maximum absolute atomic E-state index is 5.87. The lowest BCUT2D eigenvalue weighted by atomic mass is 10.0. The molecule has 1 aromatic carbocycles. The van der Waals surface area contributed by atoms with Crippen molar-refractivity contribution in [1.82, 2.24) is 14.8 Å². The first-order valence-electron chi connectivity index (χ1n) is 5.95. The smallest absolute Gasteiger partial charge is 0.121 e. The van der Waals surface area contributed by atoms with E-state index in [1.54, 1.807) is 4.68 Å². The van der Waals surface area contributed by atoms with E-state index in [9.17, 15) is 0 Å². The van der Waals surface area contributed by atoms with Crippen molar-refractivity contribution in [3.8, 4) is 11.3 Å². The molecule has 0 aliphatic rings. The first-order valence-corrected chi connectivity index (χ1v) is 5.95. The van der Waals surface area contributed by atoms with Crippen molar-refractivity contribution in [2.24, 2.45) is 7.05 Å². The van der Waals surface area contributed by atoms with Crippen LogP contribution in [0.15, 0.2) is 24.3 Å². The number of nitrogens with one attached hydrogen (secondary N) is 1. The molecule has 2 aromatic heterocycles. The molecule has 3 aromatic rings. The summed E-state index contributed by atoms with van der Waals surface area (Å²) in [7, 11) is 1.86. The number of nitrogens with zero attached hydrogens (tertiary/aromatic N) is 2. The van der Waals surface area contributed by atoms with Crippen LogP contribution in [0.3, 0.4) is 0 Å². The third-order valence-corrected chi connectivity index (χ3v) is 3.39. The zero-order chi connectivity index (χ0) is 12.9. The Labute approximate surface area is 105 Å². The summed E-state index contributed by atoms with van der Waals surface area (Å²) in [5, 5.41) is 5.71. The number of rotatable bonds is 1. The number of aromatic nitrogens is 3. The summed E-state index contributed by atoms with van der Waals surface area (Å²) in [6.07, 6.45) is 0. The van der Waals surface area contributed by atoms with E-state index in [1.165, 1.54) is 10.9 Å². The number of H-pyrrole nitrogens is 1. The molecule has 3 rings (SSSR count). The maximum Gasteiger partial charge on any atom is 0.121 e. The second-order valence-corrected chi connectivity index (χ2v) is 4.70. The zero-order valence-electron chi connectivity index (χ0n) is 10.8. The molecule has 0 aliphatic carbocycles. The van der Waals surface area contributed by atoms with Gasteiger partial charge >= 0.3 is 0 Å². The van der Waals surface area contributed by atoms with E-state index in [1.807, 2.05) is 13.1 Å². The molecule has 3 N–H and O–H groups in total. The monoisotopic (exact) mass is 240 g/mol. The zero-order valence-corrected chi connectivity index (χ0v) is 10.8. The molecule has 0 unspecified atom stereocenters. The quantitative estimate of drug-likeness (QED) is 0.687. The Hall–Kier alpha value is -2.23. The number of benzene rings is 1. The van der Waals surface area contributed by atoms with E-state index in [-0.39, 0.29) is 0 Å². The minimum Gasteiger partial charge on any atom is -0.384 e. The van der Waals surface area contributed by atoms with Gasteiger partial charge in [-0.2, -0.15) is 5.10 Å². The number of nitrogens with two attached hydrogens (primary N) is 1. The van der Waals surface area contributed by atoms with Gasteiger partial charge < -0.3 is 10.7 Å². The van der Waals surface area contributed by atoms with Gasteiger partial charge in [-0.05, 0) is 25.5 Å². The second kappa shape index (κ2) is 3.63. The molecule has 18 heavy (non-hydrogen) atoms. The second-order valence-electron chi connectivity index (χ2n) is 4.70. The number of fused-ring (bicyclic) bond motifs is 1. The van der Waals surface area contributed by atoms with Crippen molar-refractivity contribution in [1.29, 1.82) is 0 Å². The van der Waals surface area contributed by atoms with Gasteiger partial charge in [-0.15, -0.1) is 0 Å². The molecule has 0 spiro atoms. The molecule has 4 heteroatoms. The Kier molecular flexibility index (Phi) is 2.20. The van der Waals surface area contributed by atoms with Crippen LogP contribution in [0.2, 0.25) is 0 Å². The van der Waals surface area contributed by atoms with E-state index in [0.29, 0.717) is 5.82 Å². The van der Waals surface area contributed by atoms with Gasteiger partial charge in [0.05, 0.1) is 5.69 Å². The summed E-state index contributed by atoms with van der Waals surface area (Å²) in [6, 6.07) is 8.18. The molecule has 0 fully saturated rings. The number of hydrogen-bond donors (Lipinski definition) is 2. The van der Waals surface area contributed by atoms with Gasteiger partial charge in [0.15, 0.2) is 0 Å². The Morgan fingerprint density at radius 2 is 2.06 bits per heavy atom. The molecule has 0 aliphatic heterocycles. The Morgan fingerprint density at radius 3 is 2.72 bits per heavy atom. The van der Waals surface area contributed by atoms with Gasteiger partial charge in [-0.25, -0.2) is 0 Å². The Bertz CT molecular complexity index is 714. The van der Waals surface area contributed by atoms with E-state index in [4.69, 9.17) is 5.73 Å². The number of nitrogen functional groups attached to an aromatic ring is 1. The van der Waals surface area contributed by atoms with E-state index >= 15 is 0 Å². The molecule has 0 atom stereocenters. The molecule has 0 amide bonds. The maximum atomic E-state index is 5.87. The van der Waals surface area contributed by atoms with Crippen LogP contribution in [-0.4, -0.2) is 14.8 Å². The van der Waals surface area contributed by atoms with Crippen LogP contribution in [0.1, 0.15) is 11.3 Å². The summed E-state index contributed by atoms with van der Waals surface area (Å²) in [5.74, 6) is 0.673. The first-order chi connectivity index (χ1) is 8.58. The molecule has 0 radical (unpaired) electrons. The summed E-state index contributed by atoms with van der Waals surface area (Å²) >= 11 is 0. The highest BCUT2D eigenvalue weighted by Gasteiger charge is 2.15.